The molecule has 0 aromatic carbocycles. The zero-order valence-corrected chi connectivity index (χ0v) is 25.7. The fourth-order valence-corrected chi connectivity index (χ4v) is 6.40. The maximum absolute atomic E-state index is 11.2. The molecular weight excluding hydrogens is 480 g/mol. The predicted octanol–water partition coefficient (Wildman–Crippen LogP) is 6.81. The van der Waals surface area contributed by atoms with Gasteiger partial charge in [0.15, 0.2) is 0 Å². The van der Waals surface area contributed by atoms with Crippen LogP contribution in [0.3, 0.4) is 0 Å². The molecule has 0 radical (unpaired) electrons. The molecule has 0 saturated carbocycles. The van der Waals surface area contributed by atoms with E-state index in [1.165, 1.54) is 5.57 Å². The molecule has 0 spiro atoms. The summed E-state index contributed by atoms with van der Waals surface area (Å²) in [6, 6.07) is 0. The number of hydrogen-bond acceptors (Lipinski definition) is 5. The minimum absolute atomic E-state index is 0.195. The molecule has 5 nitrogen and oxygen atoms in total. The molecular formula is C31H52N2O3S. The minimum Gasteiger partial charge on any atom is -0.478 e. The average Bonchev–Trinajstić information content (AvgIpc) is 2.85. The van der Waals surface area contributed by atoms with Crippen molar-refractivity contribution >= 4 is 17.7 Å². The molecule has 37 heavy (non-hydrogen) atoms. The number of carboxylic acid groups (broad SMARTS) is 1. The minimum atomic E-state index is -0.936. The van der Waals surface area contributed by atoms with Gasteiger partial charge in [-0.25, -0.2) is 4.79 Å². The van der Waals surface area contributed by atoms with E-state index in [0.717, 1.165) is 51.1 Å². The van der Waals surface area contributed by atoms with Crippen LogP contribution in [0.4, 0.5) is 0 Å². The highest BCUT2D eigenvalue weighted by Crippen LogP contribution is 2.39. The lowest BCUT2D eigenvalue weighted by Crippen LogP contribution is -2.51. The third-order valence-electron chi connectivity index (χ3n) is 7.66. The largest absolute Gasteiger partial charge is 0.478 e. The highest BCUT2D eigenvalue weighted by Gasteiger charge is 2.36. The number of aliphatic carboxylic acids is 1. The smallest absolute Gasteiger partial charge is 0.335 e. The molecule has 0 bridgehead atoms. The number of piperidine rings is 1. The van der Waals surface area contributed by atoms with Crippen LogP contribution in [0.5, 0.6) is 0 Å². The first-order valence-corrected chi connectivity index (χ1v) is 14.8. The summed E-state index contributed by atoms with van der Waals surface area (Å²) in [7, 11) is 3.79. The van der Waals surface area contributed by atoms with Gasteiger partial charge in [0, 0.05) is 51.3 Å². The van der Waals surface area contributed by atoms with Crippen LogP contribution in [0.25, 0.3) is 0 Å². The first-order valence-electron chi connectivity index (χ1n) is 13.5. The van der Waals surface area contributed by atoms with Crippen LogP contribution in [-0.4, -0.2) is 78.3 Å². The molecule has 1 rings (SSSR count). The van der Waals surface area contributed by atoms with Crippen LogP contribution in [0, 0.1) is 11.3 Å². The lowest BCUT2D eigenvalue weighted by Gasteiger charge is -2.43. The Balaban J connectivity index is 2.79. The second kappa shape index (κ2) is 15.6. The summed E-state index contributed by atoms with van der Waals surface area (Å²) in [5.41, 5.74) is 2.52. The van der Waals surface area contributed by atoms with Gasteiger partial charge >= 0.3 is 5.97 Å². The van der Waals surface area contributed by atoms with Crippen LogP contribution in [0.15, 0.2) is 59.9 Å². The maximum atomic E-state index is 11.2. The molecule has 1 saturated heterocycles. The number of rotatable bonds is 14. The number of methoxy groups -OCH3 is 1. The Morgan fingerprint density at radius 1 is 1.22 bits per heavy atom. The number of allylic oxidation sites excluding steroid dienone is 4. The molecule has 210 valence electrons. The molecule has 1 fully saturated rings. The van der Waals surface area contributed by atoms with Crippen molar-refractivity contribution in [2.75, 3.05) is 46.6 Å². The lowest BCUT2D eigenvalue weighted by atomic mass is 9.76. The van der Waals surface area contributed by atoms with Gasteiger partial charge in [0.05, 0.1) is 11.2 Å². The van der Waals surface area contributed by atoms with E-state index < -0.39 is 5.97 Å². The molecule has 6 heteroatoms. The van der Waals surface area contributed by atoms with E-state index >= 15 is 0 Å². The van der Waals surface area contributed by atoms with Crippen molar-refractivity contribution in [1.82, 2.24) is 9.80 Å². The van der Waals surface area contributed by atoms with Crippen LogP contribution in [0.1, 0.15) is 60.8 Å². The molecule has 2 unspecified atom stereocenters. The van der Waals surface area contributed by atoms with Gasteiger partial charge in [0.2, 0.25) is 0 Å². The number of likely N-dealkylation sites (N-methyl/N-ethyl adjacent to an activating group) is 1. The fraction of sp³-hybridized carbons (Fsp3) is 0.645. The number of nitrogens with zero attached hydrogens (tertiary/aromatic N) is 2. The van der Waals surface area contributed by atoms with Crippen molar-refractivity contribution in [2.24, 2.45) is 11.3 Å². The third-order valence-corrected chi connectivity index (χ3v) is 8.76. The van der Waals surface area contributed by atoms with E-state index in [1.807, 2.05) is 18.8 Å². The molecule has 1 aliphatic rings. The summed E-state index contributed by atoms with van der Waals surface area (Å²) in [5, 5.41) is 9.72. The summed E-state index contributed by atoms with van der Waals surface area (Å²) in [5.74, 6) is -0.456. The molecule has 1 aliphatic heterocycles. The first-order chi connectivity index (χ1) is 17.4. The lowest BCUT2D eigenvalue weighted by molar-refractivity contribution is -0.132. The predicted molar refractivity (Wildman–Crippen MR) is 161 cm³/mol. The van der Waals surface area contributed by atoms with Crippen LogP contribution in [-0.2, 0) is 9.53 Å². The highest BCUT2D eigenvalue weighted by molar-refractivity contribution is 7.99. The molecule has 0 amide bonds. The average molecular weight is 533 g/mol. The van der Waals surface area contributed by atoms with Crippen molar-refractivity contribution in [3.63, 3.8) is 0 Å². The SMILES string of the molecule is C=C(/C=C\C(=C/C)C(=O)O)N(C)CC1(OC)CCN(C/C=C/C(C(SC)/C(=C\C)CC)C(C)(C)C)CC1. The van der Waals surface area contributed by atoms with Gasteiger partial charge in [0.1, 0.15) is 0 Å². The van der Waals surface area contributed by atoms with Gasteiger partial charge < -0.3 is 14.7 Å². The number of hydrogen-bond donors (Lipinski definition) is 1. The van der Waals surface area contributed by atoms with E-state index in [0.29, 0.717) is 11.2 Å². The van der Waals surface area contributed by atoms with Gasteiger partial charge in [-0.1, -0.05) is 64.2 Å². The molecule has 2 atom stereocenters. The summed E-state index contributed by atoms with van der Waals surface area (Å²) < 4.78 is 6.05. The second-order valence-corrected chi connectivity index (χ2v) is 12.1. The quantitative estimate of drug-likeness (QED) is 0.151. The molecule has 0 aromatic rings. The fourth-order valence-electron chi connectivity index (χ4n) is 5.01. The molecule has 0 aliphatic carbocycles. The number of likely N-dealkylation sites (tertiary alicyclic amines) is 1. The highest BCUT2D eigenvalue weighted by atomic mass is 32.2. The standard InChI is InChI=1S/C31H52N2O3S/c1-11-25(12-2)28(37-10)27(30(5,6)7)15-14-20-33-21-18-31(36-9,19-22-33)23-32(8)24(4)16-17-26(13-3)29(34)35/h11,13-17,27-28H,4,12,18-23H2,1-3,5-10H3,(H,34,35)/b15-14+,17-16-,25-11-,26-13+. The van der Waals surface area contributed by atoms with Crippen molar-refractivity contribution in [3.8, 4) is 0 Å². The van der Waals surface area contributed by atoms with Gasteiger partial charge in [-0.05, 0) is 62.9 Å². The van der Waals surface area contributed by atoms with Crippen molar-refractivity contribution in [2.45, 2.75) is 71.7 Å². The maximum Gasteiger partial charge on any atom is 0.335 e. The third kappa shape index (κ3) is 10.1. The van der Waals surface area contributed by atoms with Gasteiger partial charge in [-0.2, -0.15) is 11.8 Å². The van der Waals surface area contributed by atoms with E-state index in [4.69, 9.17) is 4.74 Å². The number of carbonyl (C=O) groups is 1. The summed E-state index contributed by atoms with van der Waals surface area (Å²) in [6.07, 6.45) is 17.3. The monoisotopic (exact) mass is 532 g/mol. The Bertz CT molecular complexity index is 858. The molecule has 1 heterocycles. The molecule has 1 N–H and O–H groups in total. The Kier molecular flexibility index (Phi) is 14.0. The van der Waals surface area contributed by atoms with Crippen LogP contribution in [0.2, 0.25) is 0 Å². The van der Waals surface area contributed by atoms with Gasteiger partial charge in [-0.15, -0.1) is 0 Å². The van der Waals surface area contributed by atoms with Crippen LogP contribution >= 0.6 is 11.8 Å². The van der Waals surface area contributed by atoms with Crippen molar-refractivity contribution in [3.05, 3.63) is 59.9 Å². The van der Waals surface area contributed by atoms with Crippen molar-refractivity contribution in [1.29, 1.82) is 0 Å². The Morgan fingerprint density at radius 3 is 2.27 bits per heavy atom. The second-order valence-electron chi connectivity index (χ2n) is 11.1. The van der Waals surface area contributed by atoms with E-state index in [2.05, 4.69) is 75.5 Å². The number of carboxylic acids is 1. The Morgan fingerprint density at radius 2 is 1.84 bits per heavy atom. The summed E-state index contributed by atoms with van der Waals surface area (Å²) >= 11 is 1.97. The molecule has 0 aromatic heterocycles. The zero-order chi connectivity index (χ0) is 28.2. The summed E-state index contributed by atoms with van der Waals surface area (Å²) in [4.78, 5) is 15.8. The topological polar surface area (TPSA) is 53.0 Å². The Labute approximate surface area is 231 Å². The number of ether oxygens (including phenoxy) is 1. The summed E-state index contributed by atoms with van der Waals surface area (Å²) in [6.45, 7) is 21.0. The first kappa shape index (κ1) is 33.3. The zero-order valence-electron chi connectivity index (χ0n) is 24.8. The number of thioether (sulfide) groups is 1. The van der Waals surface area contributed by atoms with E-state index in [9.17, 15) is 9.90 Å². The van der Waals surface area contributed by atoms with Gasteiger partial charge in [-0.3, -0.25) is 4.90 Å². The van der Waals surface area contributed by atoms with E-state index in [1.54, 1.807) is 32.3 Å². The van der Waals surface area contributed by atoms with Crippen LogP contribution < -0.4 is 0 Å². The van der Waals surface area contributed by atoms with Crippen molar-refractivity contribution < 1.29 is 14.6 Å². The normalized spacial score (nSPS) is 19.4. The van der Waals surface area contributed by atoms with Gasteiger partial charge in [0.25, 0.3) is 0 Å². The van der Waals surface area contributed by atoms with E-state index in [-0.39, 0.29) is 16.6 Å². The Hall–Kier alpha value is -1.76.